The molecule has 0 amide bonds. The van der Waals surface area contributed by atoms with Gasteiger partial charge in [0.1, 0.15) is 4.88 Å². The quantitative estimate of drug-likeness (QED) is 0.577. The van der Waals surface area contributed by atoms with E-state index in [-0.39, 0.29) is 12.4 Å². The van der Waals surface area contributed by atoms with Gasteiger partial charge in [-0.05, 0) is 43.9 Å². The first-order valence-corrected chi connectivity index (χ1v) is 8.13. The first-order chi connectivity index (χ1) is 11.0. The highest BCUT2D eigenvalue weighted by molar-refractivity contribution is 7.21. The summed E-state index contributed by atoms with van der Waals surface area (Å²) < 4.78 is 6.27. The summed E-state index contributed by atoms with van der Waals surface area (Å²) in [6, 6.07) is 9.61. The zero-order valence-electron chi connectivity index (χ0n) is 13.2. The number of hydrogen-bond acceptors (Lipinski definition) is 4. The number of aryl methyl sites for hydroxylation is 3. The molecule has 0 aliphatic carbocycles. The van der Waals surface area contributed by atoms with Crippen molar-refractivity contribution < 1.29 is 14.3 Å². The van der Waals surface area contributed by atoms with Gasteiger partial charge in [0.25, 0.3) is 0 Å². The molecule has 0 aliphatic rings. The number of thiophene rings is 1. The van der Waals surface area contributed by atoms with Gasteiger partial charge in [0.05, 0.1) is 0 Å². The van der Waals surface area contributed by atoms with E-state index in [9.17, 15) is 9.59 Å². The number of H-pyrrole nitrogens is 1. The van der Waals surface area contributed by atoms with Crippen LogP contribution in [0, 0.1) is 20.8 Å². The third-order valence-corrected chi connectivity index (χ3v) is 5.07. The van der Waals surface area contributed by atoms with Crippen molar-refractivity contribution in [2.24, 2.45) is 0 Å². The van der Waals surface area contributed by atoms with Crippen LogP contribution >= 0.6 is 11.3 Å². The molecule has 0 bridgehead atoms. The topological polar surface area (TPSA) is 59.2 Å². The van der Waals surface area contributed by atoms with Crippen LogP contribution in [0.2, 0.25) is 0 Å². The predicted molar refractivity (Wildman–Crippen MR) is 91.4 cm³/mol. The van der Waals surface area contributed by atoms with Gasteiger partial charge in [0, 0.05) is 21.7 Å². The first-order valence-electron chi connectivity index (χ1n) is 7.32. The molecule has 0 aliphatic heterocycles. The Morgan fingerprint density at radius 3 is 2.57 bits per heavy atom. The van der Waals surface area contributed by atoms with Crippen molar-refractivity contribution in [1.29, 1.82) is 0 Å². The number of fused-ring (bicyclic) bond motifs is 1. The van der Waals surface area contributed by atoms with Crippen LogP contribution in [0.15, 0.2) is 30.3 Å². The fourth-order valence-electron chi connectivity index (χ4n) is 2.66. The van der Waals surface area contributed by atoms with Crippen molar-refractivity contribution in [2.75, 3.05) is 6.61 Å². The van der Waals surface area contributed by atoms with Gasteiger partial charge in [0.15, 0.2) is 6.61 Å². The zero-order chi connectivity index (χ0) is 16.6. The molecule has 1 N–H and O–H groups in total. The fraction of sp³-hybridized carbons (Fsp3) is 0.222. The molecule has 0 fully saturated rings. The molecule has 3 rings (SSSR count). The third-order valence-electron chi connectivity index (χ3n) is 3.81. The Balaban J connectivity index is 1.75. The fourth-order valence-corrected chi connectivity index (χ4v) is 3.76. The molecule has 0 atom stereocenters. The van der Waals surface area contributed by atoms with E-state index in [4.69, 9.17) is 4.74 Å². The van der Waals surface area contributed by atoms with Crippen molar-refractivity contribution in [2.45, 2.75) is 20.8 Å². The van der Waals surface area contributed by atoms with E-state index in [1.165, 1.54) is 11.3 Å². The molecule has 0 unspecified atom stereocenters. The predicted octanol–water partition coefficient (Wildman–Crippen LogP) is 4.19. The number of rotatable bonds is 4. The highest BCUT2D eigenvalue weighted by Gasteiger charge is 2.19. The number of nitrogens with one attached hydrogen (secondary N) is 1. The van der Waals surface area contributed by atoms with E-state index in [1.807, 2.05) is 45.0 Å². The van der Waals surface area contributed by atoms with Gasteiger partial charge in [-0.2, -0.15) is 0 Å². The molecule has 118 valence electrons. The van der Waals surface area contributed by atoms with Crippen LogP contribution in [0.1, 0.15) is 37.0 Å². The molecule has 0 saturated carbocycles. The van der Waals surface area contributed by atoms with Crippen molar-refractivity contribution in [3.63, 3.8) is 0 Å². The SMILES string of the molecule is Cc1cc(C(=O)COC(=O)c2sc3ccccc3c2C)c(C)[nH]1. The largest absolute Gasteiger partial charge is 0.453 e. The molecule has 3 aromatic rings. The number of benzene rings is 1. The first kappa shape index (κ1) is 15.5. The summed E-state index contributed by atoms with van der Waals surface area (Å²) in [5.74, 6) is -0.638. The van der Waals surface area contributed by atoms with Gasteiger partial charge in [0.2, 0.25) is 5.78 Å². The van der Waals surface area contributed by atoms with Gasteiger partial charge in [-0.3, -0.25) is 4.79 Å². The number of ketones is 1. The van der Waals surface area contributed by atoms with Crippen LogP contribution in [0.4, 0.5) is 0 Å². The lowest BCUT2D eigenvalue weighted by atomic mass is 10.1. The standard InChI is InChI=1S/C18H17NO3S/c1-10-8-14(12(3)19-10)15(20)9-22-18(21)17-11(2)13-6-4-5-7-16(13)23-17/h4-8,19H,9H2,1-3H3. The minimum Gasteiger partial charge on any atom is -0.453 e. The van der Waals surface area contributed by atoms with Crippen molar-refractivity contribution in [3.8, 4) is 0 Å². The summed E-state index contributed by atoms with van der Waals surface area (Å²) in [4.78, 5) is 28.1. The Bertz CT molecular complexity index is 904. The Labute approximate surface area is 138 Å². The second kappa shape index (κ2) is 6.01. The summed E-state index contributed by atoms with van der Waals surface area (Å²) in [5.41, 5.74) is 3.18. The lowest BCUT2D eigenvalue weighted by Crippen LogP contribution is -2.14. The van der Waals surface area contributed by atoms with Crippen LogP contribution in [0.3, 0.4) is 0 Å². The van der Waals surface area contributed by atoms with E-state index < -0.39 is 5.97 Å². The molecule has 23 heavy (non-hydrogen) atoms. The van der Waals surface area contributed by atoms with Crippen molar-refractivity contribution in [3.05, 3.63) is 57.7 Å². The molecule has 0 saturated heterocycles. The number of esters is 1. The molecule has 1 aromatic carbocycles. The van der Waals surface area contributed by atoms with E-state index in [0.29, 0.717) is 10.4 Å². The number of Topliss-reactive ketones (excluding diaryl/α,β-unsaturated/α-hetero) is 1. The van der Waals surface area contributed by atoms with Gasteiger partial charge < -0.3 is 9.72 Å². The van der Waals surface area contributed by atoms with Crippen molar-refractivity contribution in [1.82, 2.24) is 4.98 Å². The smallest absolute Gasteiger partial charge is 0.349 e. The highest BCUT2D eigenvalue weighted by atomic mass is 32.1. The van der Waals surface area contributed by atoms with Crippen LogP contribution in [0.5, 0.6) is 0 Å². The Hall–Kier alpha value is -2.40. The Morgan fingerprint density at radius 1 is 1.17 bits per heavy atom. The molecule has 2 aromatic heterocycles. The van der Waals surface area contributed by atoms with Gasteiger partial charge in [-0.1, -0.05) is 18.2 Å². The summed E-state index contributed by atoms with van der Waals surface area (Å²) in [7, 11) is 0. The second-order valence-electron chi connectivity index (χ2n) is 5.54. The summed E-state index contributed by atoms with van der Waals surface area (Å²) in [5, 5.41) is 1.05. The average Bonchev–Trinajstić information content (AvgIpc) is 3.05. The lowest BCUT2D eigenvalue weighted by molar-refractivity contribution is 0.0479. The normalized spacial score (nSPS) is 10.9. The van der Waals surface area contributed by atoms with E-state index in [1.54, 1.807) is 6.07 Å². The number of carbonyl (C=O) groups excluding carboxylic acids is 2. The second-order valence-corrected chi connectivity index (χ2v) is 6.59. The monoisotopic (exact) mass is 327 g/mol. The minimum absolute atomic E-state index is 0.195. The number of ether oxygens (including phenoxy) is 1. The van der Waals surface area contributed by atoms with Crippen LogP contribution in [-0.4, -0.2) is 23.3 Å². The Kier molecular flexibility index (Phi) is 4.05. The Morgan fingerprint density at radius 2 is 1.91 bits per heavy atom. The van der Waals surface area contributed by atoms with E-state index >= 15 is 0 Å². The van der Waals surface area contributed by atoms with Crippen molar-refractivity contribution >= 4 is 33.2 Å². The minimum atomic E-state index is -0.443. The third kappa shape index (κ3) is 2.92. The summed E-state index contributed by atoms with van der Waals surface area (Å²) >= 11 is 1.39. The van der Waals surface area contributed by atoms with Gasteiger partial charge in [-0.15, -0.1) is 11.3 Å². The highest BCUT2D eigenvalue weighted by Crippen LogP contribution is 2.31. The number of hydrogen-bond donors (Lipinski definition) is 1. The van der Waals surface area contributed by atoms with Gasteiger partial charge in [-0.25, -0.2) is 4.79 Å². The maximum Gasteiger partial charge on any atom is 0.349 e. The maximum atomic E-state index is 12.3. The van der Waals surface area contributed by atoms with Gasteiger partial charge >= 0.3 is 5.97 Å². The summed E-state index contributed by atoms with van der Waals surface area (Å²) in [6.07, 6.45) is 0. The molecular weight excluding hydrogens is 310 g/mol. The van der Waals surface area contributed by atoms with E-state index in [0.717, 1.165) is 27.0 Å². The van der Waals surface area contributed by atoms with Crippen LogP contribution < -0.4 is 0 Å². The number of aromatic amines is 1. The molecule has 4 nitrogen and oxygen atoms in total. The maximum absolute atomic E-state index is 12.3. The molecule has 0 spiro atoms. The number of aromatic nitrogens is 1. The number of carbonyl (C=O) groups is 2. The lowest BCUT2D eigenvalue weighted by Gasteiger charge is -2.03. The van der Waals surface area contributed by atoms with Crippen LogP contribution in [0.25, 0.3) is 10.1 Å². The zero-order valence-corrected chi connectivity index (χ0v) is 14.0. The molecule has 5 heteroatoms. The van der Waals surface area contributed by atoms with Crippen LogP contribution in [-0.2, 0) is 4.74 Å². The molecule has 0 radical (unpaired) electrons. The van der Waals surface area contributed by atoms with E-state index in [2.05, 4.69) is 4.98 Å². The summed E-state index contributed by atoms with van der Waals surface area (Å²) in [6.45, 7) is 5.37. The molecular formula is C18H17NO3S. The molecule has 2 heterocycles. The average molecular weight is 327 g/mol.